The molecule has 3 fully saturated rings. The summed E-state index contributed by atoms with van der Waals surface area (Å²) in [7, 11) is -3.71. The highest BCUT2D eigenvalue weighted by Gasteiger charge is 2.41. The van der Waals surface area contributed by atoms with Crippen molar-refractivity contribution in [2.45, 2.75) is 37.0 Å². The maximum absolute atomic E-state index is 13.4. The first-order valence-electron chi connectivity index (χ1n) is 9.47. The van der Waals surface area contributed by atoms with Gasteiger partial charge in [-0.2, -0.15) is 4.31 Å². The summed E-state index contributed by atoms with van der Waals surface area (Å²) >= 11 is 0. The van der Waals surface area contributed by atoms with E-state index >= 15 is 0 Å². The average Bonchev–Trinajstić information content (AvgIpc) is 3.25. The molecular formula is C19H25FN2O3S. The number of piperazine rings is 1. The predicted molar refractivity (Wildman–Crippen MR) is 95.3 cm³/mol. The molecule has 0 aromatic heterocycles. The molecule has 3 aliphatic rings. The standard InChI is InChI=1S/C19H25FN2O3S/c20-17-2-1-3-18(13-17)26(24,25)22-8-6-21(7-9-22)19(23)12-16-11-14-4-5-15(16)10-14/h1-3,13-16H,4-12H2/t14-,15+,16+/m0/s1. The maximum atomic E-state index is 13.4. The van der Waals surface area contributed by atoms with Crippen molar-refractivity contribution in [1.82, 2.24) is 9.21 Å². The summed E-state index contributed by atoms with van der Waals surface area (Å²) in [5.41, 5.74) is 0. The topological polar surface area (TPSA) is 57.7 Å². The monoisotopic (exact) mass is 380 g/mol. The van der Waals surface area contributed by atoms with Gasteiger partial charge in [0.1, 0.15) is 5.82 Å². The highest BCUT2D eigenvalue weighted by Crippen LogP contribution is 2.49. The predicted octanol–water partition coefficient (Wildman–Crippen LogP) is 2.48. The fraction of sp³-hybridized carbons (Fsp3) is 0.632. The number of hydrogen-bond acceptors (Lipinski definition) is 3. The zero-order valence-electron chi connectivity index (χ0n) is 14.8. The Morgan fingerprint density at radius 2 is 1.88 bits per heavy atom. The van der Waals surface area contributed by atoms with Crippen molar-refractivity contribution in [3.05, 3.63) is 30.1 Å². The molecule has 1 heterocycles. The van der Waals surface area contributed by atoms with Crippen LogP contribution in [0.25, 0.3) is 0 Å². The summed E-state index contributed by atoms with van der Waals surface area (Å²) in [6, 6.07) is 5.08. The van der Waals surface area contributed by atoms with Crippen molar-refractivity contribution < 1.29 is 17.6 Å². The van der Waals surface area contributed by atoms with E-state index in [0.717, 1.165) is 17.9 Å². The number of benzene rings is 1. The van der Waals surface area contributed by atoms with Gasteiger partial charge in [0.15, 0.2) is 0 Å². The molecule has 142 valence electrons. The minimum atomic E-state index is -3.71. The Hall–Kier alpha value is -1.47. The lowest BCUT2D eigenvalue weighted by molar-refractivity contribution is -0.133. The van der Waals surface area contributed by atoms with Crippen molar-refractivity contribution in [2.24, 2.45) is 17.8 Å². The van der Waals surface area contributed by atoms with Crippen LogP contribution in [0.15, 0.2) is 29.2 Å². The Morgan fingerprint density at radius 1 is 1.12 bits per heavy atom. The van der Waals surface area contributed by atoms with Crippen LogP contribution in [0, 0.1) is 23.6 Å². The maximum Gasteiger partial charge on any atom is 0.243 e. The summed E-state index contributed by atoms with van der Waals surface area (Å²) in [5, 5.41) is 0. The van der Waals surface area contributed by atoms with Gasteiger partial charge < -0.3 is 4.90 Å². The smallest absolute Gasteiger partial charge is 0.243 e. The molecular weight excluding hydrogens is 355 g/mol. The number of halogens is 1. The number of amides is 1. The van der Waals surface area contributed by atoms with Gasteiger partial charge in [0.25, 0.3) is 0 Å². The molecule has 2 aliphatic carbocycles. The Labute approximate surface area is 154 Å². The van der Waals surface area contributed by atoms with Crippen LogP contribution in [0.2, 0.25) is 0 Å². The molecule has 0 N–H and O–H groups in total. The van der Waals surface area contributed by atoms with Gasteiger partial charge in [0.05, 0.1) is 4.90 Å². The van der Waals surface area contributed by atoms with E-state index in [4.69, 9.17) is 0 Å². The van der Waals surface area contributed by atoms with Gasteiger partial charge in [0.2, 0.25) is 15.9 Å². The third-order valence-electron chi connectivity index (χ3n) is 6.35. The van der Waals surface area contributed by atoms with E-state index in [-0.39, 0.29) is 23.9 Å². The second-order valence-electron chi connectivity index (χ2n) is 7.88. The van der Waals surface area contributed by atoms with Crippen LogP contribution >= 0.6 is 0 Å². The van der Waals surface area contributed by atoms with Crippen LogP contribution in [0.5, 0.6) is 0 Å². The number of nitrogens with zero attached hydrogens (tertiary/aromatic N) is 2. The van der Waals surface area contributed by atoms with Crippen molar-refractivity contribution in [3.8, 4) is 0 Å². The van der Waals surface area contributed by atoms with Crippen LogP contribution < -0.4 is 0 Å². The third kappa shape index (κ3) is 3.39. The van der Waals surface area contributed by atoms with Crippen molar-refractivity contribution in [1.29, 1.82) is 0 Å². The Kier molecular flexibility index (Phi) is 4.77. The zero-order chi connectivity index (χ0) is 18.3. The molecule has 3 atom stereocenters. The first-order chi connectivity index (χ1) is 12.4. The Bertz CT molecular complexity index is 790. The molecule has 7 heteroatoms. The Balaban J connectivity index is 1.34. The first kappa shape index (κ1) is 17.9. The van der Waals surface area contributed by atoms with E-state index in [1.54, 1.807) is 4.90 Å². The van der Waals surface area contributed by atoms with E-state index in [1.807, 2.05) is 0 Å². The van der Waals surface area contributed by atoms with E-state index in [9.17, 15) is 17.6 Å². The van der Waals surface area contributed by atoms with E-state index < -0.39 is 15.8 Å². The van der Waals surface area contributed by atoms with Gasteiger partial charge >= 0.3 is 0 Å². The lowest BCUT2D eigenvalue weighted by Gasteiger charge is -2.35. The summed E-state index contributed by atoms with van der Waals surface area (Å²) in [5.74, 6) is 1.66. The molecule has 0 spiro atoms. The van der Waals surface area contributed by atoms with Crippen molar-refractivity contribution in [2.75, 3.05) is 26.2 Å². The number of rotatable bonds is 4. The van der Waals surface area contributed by atoms with Crippen LogP contribution in [0.1, 0.15) is 32.1 Å². The van der Waals surface area contributed by atoms with E-state index in [0.29, 0.717) is 25.4 Å². The van der Waals surface area contributed by atoms with Gasteiger partial charge in [0, 0.05) is 32.6 Å². The second kappa shape index (κ2) is 6.93. The molecule has 26 heavy (non-hydrogen) atoms. The molecule has 1 aromatic carbocycles. The highest BCUT2D eigenvalue weighted by molar-refractivity contribution is 7.89. The summed E-state index contributed by atoms with van der Waals surface area (Å²) in [6.07, 6.45) is 5.67. The minimum Gasteiger partial charge on any atom is -0.340 e. The Morgan fingerprint density at radius 3 is 2.50 bits per heavy atom. The molecule has 1 aromatic rings. The third-order valence-corrected chi connectivity index (χ3v) is 8.24. The van der Waals surface area contributed by atoms with Gasteiger partial charge in [-0.25, -0.2) is 12.8 Å². The normalized spacial score (nSPS) is 29.3. The van der Waals surface area contributed by atoms with Gasteiger partial charge in [-0.3, -0.25) is 4.79 Å². The second-order valence-corrected chi connectivity index (χ2v) is 9.82. The first-order valence-corrected chi connectivity index (χ1v) is 10.9. The number of carbonyl (C=O) groups excluding carboxylic acids is 1. The lowest BCUT2D eigenvalue weighted by Crippen LogP contribution is -2.50. The highest BCUT2D eigenvalue weighted by atomic mass is 32.2. The molecule has 0 unspecified atom stereocenters. The molecule has 4 rings (SSSR count). The number of carbonyl (C=O) groups is 1. The van der Waals surface area contributed by atoms with Crippen LogP contribution in [0.3, 0.4) is 0 Å². The minimum absolute atomic E-state index is 0.0285. The fourth-order valence-corrected chi connectivity index (χ4v) is 6.39. The number of hydrogen-bond donors (Lipinski definition) is 0. The SMILES string of the molecule is O=C(C[C@H]1C[C@H]2CC[C@@H]1C2)N1CCN(S(=O)(=O)c2cccc(F)c2)CC1. The van der Waals surface area contributed by atoms with Crippen molar-refractivity contribution in [3.63, 3.8) is 0 Å². The average molecular weight is 380 g/mol. The molecule has 1 amide bonds. The van der Waals surface area contributed by atoms with Gasteiger partial charge in [-0.15, -0.1) is 0 Å². The zero-order valence-corrected chi connectivity index (χ0v) is 15.6. The largest absolute Gasteiger partial charge is 0.340 e. The summed E-state index contributed by atoms with van der Waals surface area (Å²) in [4.78, 5) is 14.4. The quantitative estimate of drug-likeness (QED) is 0.806. The summed E-state index contributed by atoms with van der Waals surface area (Å²) in [6.45, 7) is 1.35. The summed E-state index contributed by atoms with van der Waals surface area (Å²) < 4.78 is 40.0. The van der Waals surface area contributed by atoms with Crippen LogP contribution in [-0.2, 0) is 14.8 Å². The molecule has 0 radical (unpaired) electrons. The molecule has 1 aliphatic heterocycles. The number of sulfonamides is 1. The van der Waals surface area contributed by atoms with Gasteiger partial charge in [-0.1, -0.05) is 12.5 Å². The van der Waals surface area contributed by atoms with Crippen LogP contribution in [0.4, 0.5) is 4.39 Å². The molecule has 2 saturated carbocycles. The molecule has 5 nitrogen and oxygen atoms in total. The fourth-order valence-electron chi connectivity index (χ4n) is 4.93. The van der Waals surface area contributed by atoms with Crippen molar-refractivity contribution >= 4 is 15.9 Å². The number of fused-ring (bicyclic) bond motifs is 2. The van der Waals surface area contributed by atoms with E-state index in [1.165, 1.54) is 48.2 Å². The molecule has 2 bridgehead atoms. The van der Waals surface area contributed by atoms with E-state index in [2.05, 4.69) is 0 Å². The lowest BCUT2D eigenvalue weighted by atomic mass is 9.86. The molecule has 1 saturated heterocycles. The van der Waals surface area contributed by atoms with Crippen LogP contribution in [-0.4, -0.2) is 49.7 Å². The van der Waals surface area contributed by atoms with Gasteiger partial charge in [-0.05, 0) is 55.2 Å².